The predicted molar refractivity (Wildman–Crippen MR) is 101 cm³/mol. The molecule has 1 unspecified atom stereocenters. The van der Waals surface area contributed by atoms with Gasteiger partial charge in [0, 0.05) is 6.54 Å². The molecule has 4 aromatic heterocycles. The topological polar surface area (TPSA) is 69.6 Å². The molecule has 4 rings (SSSR count). The van der Waals surface area contributed by atoms with Crippen LogP contribution < -0.4 is 0 Å². The Morgan fingerprint density at radius 3 is 2.60 bits per heavy atom. The molecule has 0 saturated carbocycles. The van der Waals surface area contributed by atoms with Crippen molar-refractivity contribution in [2.45, 2.75) is 30.8 Å². The first-order valence-corrected chi connectivity index (χ1v) is 10.4. The van der Waals surface area contributed by atoms with Gasteiger partial charge in [-0.05, 0) is 36.7 Å². The molecule has 6 nitrogen and oxygen atoms in total. The Bertz CT molecular complexity index is 943. The van der Waals surface area contributed by atoms with Gasteiger partial charge in [0.25, 0.3) is 0 Å². The van der Waals surface area contributed by atoms with Gasteiger partial charge in [-0.3, -0.25) is 0 Å². The molecular formula is C16H15N5OS3. The Kier molecular flexibility index (Phi) is 4.69. The Labute approximate surface area is 156 Å². The highest BCUT2D eigenvalue weighted by molar-refractivity contribution is 7.99. The third-order valence-corrected chi connectivity index (χ3v) is 6.39. The van der Waals surface area contributed by atoms with Gasteiger partial charge in [0.15, 0.2) is 11.0 Å². The highest BCUT2D eigenvalue weighted by Crippen LogP contribution is 2.36. The average Bonchev–Trinajstić information content (AvgIpc) is 3.40. The summed E-state index contributed by atoms with van der Waals surface area (Å²) in [4.78, 5) is 6.64. The van der Waals surface area contributed by atoms with E-state index in [0.29, 0.717) is 11.7 Å². The largest absolute Gasteiger partial charge is 0.338 e. The number of nitrogens with zero attached hydrogens (tertiary/aromatic N) is 5. The maximum atomic E-state index is 5.44. The molecule has 0 aliphatic carbocycles. The van der Waals surface area contributed by atoms with E-state index in [4.69, 9.17) is 4.52 Å². The van der Waals surface area contributed by atoms with E-state index in [-0.39, 0.29) is 5.25 Å². The maximum Gasteiger partial charge on any atom is 0.240 e. The molecule has 0 spiro atoms. The van der Waals surface area contributed by atoms with E-state index in [1.807, 2.05) is 35.9 Å². The molecule has 25 heavy (non-hydrogen) atoms. The van der Waals surface area contributed by atoms with Crippen molar-refractivity contribution in [2.75, 3.05) is 0 Å². The second-order valence-corrected chi connectivity index (χ2v) is 8.42. The van der Waals surface area contributed by atoms with Crippen molar-refractivity contribution in [2.24, 2.45) is 0 Å². The minimum absolute atomic E-state index is 0.00750. The van der Waals surface area contributed by atoms with Crippen molar-refractivity contribution in [3.63, 3.8) is 0 Å². The lowest BCUT2D eigenvalue weighted by atomic mass is 10.4. The normalized spacial score (nSPS) is 12.6. The van der Waals surface area contributed by atoms with Crippen LogP contribution in [0.1, 0.15) is 25.0 Å². The van der Waals surface area contributed by atoms with E-state index in [1.165, 1.54) is 0 Å². The van der Waals surface area contributed by atoms with E-state index in [2.05, 4.69) is 37.9 Å². The number of aromatic nitrogens is 5. The zero-order valence-corrected chi connectivity index (χ0v) is 16.1. The van der Waals surface area contributed by atoms with Gasteiger partial charge in [-0.1, -0.05) is 29.1 Å². The lowest BCUT2D eigenvalue weighted by Crippen LogP contribution is -2.00. The van der Waals surface area contributed by atoms with Crippen LogP contribution in [0.2, 0.25) is 0 Å². The van der Waals surface area contributed by atoms with Crippen molar-refractivity contribution in [3.8, 4) is 21.4 Å². The Balaban J connectivity index is 1.56. The van der Waals surface area contributed by atoms with Gasteiger partial charge in [-0.25, -0.2) is 0 Å². The third-order valence-electron chi connectivity index (χ3n) is 3.59. The quantitative estimate of drug-likeness (QED) is 0.433. The van der Waals surface area contributed by atoms with Gasteiger partial charge in [0.2, 0.25) is 11.7 Å². The minimum Gasteiger partial charge on any atom is -0.338 e. The molecule has 128 valence electrons. The Hall–Kier alpha value is -1.97. The van der Waals surface area contributed by atoms with Gasteiger partial charge in [-0.2, -0.15) is 4.98 Å². The smallest absolute Gasteiger partial charge is 0.240 e. The summed E-state index contributed by atoms with van der Waals surface area (Å²) in [6.07, 6.45) is 0. The molecule has 0 aliphatic heterocycles. The van der Waals surface area contributed by atoms with Gasteiger partial charge < -0.3 is 9.09 Å². The molecule has 0 bridgehead atoms. The molecule has 4 aromatic rings. The van der Waals surface area contributed by atoms with Crippen LogP contribution in [0.4, 0.5) is 0 Å². The van der Waals surface area contributed by atoms with Crippen LogP contribution in [0.5, 0.6) is 0 Å². The van der Waals surface area contributed by atoms with E-state index in [0.717, 1.165) is 27.3 Å². The van der Waals surface area contributed by atoms with Crippen LogP contribution in [0, 0.1) is 0 Å². The van der Waals surface area contributed by atoms with Gasteiger partial charge in [0.05, 0.1) is 15.0 Å². The van der Waals surface area contributed by atoms with Crippen molar-refractivity contribution in [3.05, 3.63) is 40.9 Å². The van der Waals surface area contributed by atoms with Crippen LogP contribution in [0.25, 0.3) is 21.4 Å². The summed E-state index contributed by atoms with van der Waals surface area (Å²) in [7, 11) is 0. The van der Waals surface area contributed by atoms with Crippen molar-refractivity contribution in [1.82, 2.24) is 24.9 Å². The Morgan fingerprint density at radius 1 is 1.16 bits per heavy atom. The maximum absolute atomic E-state index is 5.44. The molecule has 0 saturated heterocycles. The fourth-order valence-corrected chi connectivity index (χ4v) is 4.67. The number of thiophene rings is 2. The molecule has 0 amide bonds. The zero-order chi connectivity index (χ0) is 17.2. The molecule has 0 aliphatic rings. The highest BCUT2D eigenvalue weighted by Gasteiger charge is 2.21. The zero-order valence-electron chi connectivity index (χ0n) is 13.6. The van der Waals surface area contributed by atoms with Crippen molar-refractivity contribution >= 4 is 34.4 Å². The molecule has 0 N–H and O–H groups in total. The predicted octanol–water partition coefficient (Wildman–Crippen LogP) is 4.99. The molecule has 4 heterocycles. The van der Waals surface area contributed by atoms with Crippen LogP contribution in [0.3, 0.4) is 0 Å². The Morgan fingerprint density at radius 2 is 1.92 bits per heavy atom. The third kappa shape index (κ3) is 3.26. The average molecular weight is 390 g/mol. The highest BCUT2D eigenvalue weighted by atomic mass is 32.2. The molecular weight excluding hydrogens is 374 g/mol. The summed E-state index contributed by atoms with van der Waals surface area (Å²) in [6.45, 7) is 4.94. The van der Waals surface area contributed by atoms with Crippen molar-refractivity contribution in [1.29, 1.82) is 0 Å². The van der Waals surface area contributed by atoms with Crippen LogP contribution in [0.15, 0.2) is 44.7 Å². The van der Waals surface area contributed by atoms with Crippen molar-refractivity contribution < 1.29 is 4.52 Å². The summed E-state index contributed by atoms with van der Waals surface area (Å²) >= 11 is 4.84. The first kappa shape index (κ1) is 16.5. The SMILES string of the molecule is CCn1c(SC(C)c2nc(-c3cccs3)no2)nnc1-c1cccs1. The van der Waals surface area contributed by atoms with Crippen LogP contribution >= 0.6 is 34.4 Å². The number of thioether (sulfide) groups is 1. The molecule has 0 radical (unpaired) electrons. The number of rotatable bonds is 6. The lowest BCUT2D eigenvalue weighted by molar-refractivity contribution is 0.380. The summed E-state index contributed by atoms with van der Waals surface area (Å²) in [5.74, 6) is 2.13. The molecule has 0 fully saturated rings. The van der Waals surface area contributed by atoms with Gasteiger partial charge in [0.1, 0.15) is 0 Å². The van der Waals surface area contributed by atoms with Gasteiger partial charge in [-0.15, -0.1) is 32.9 Å². The molecule has 1 atom stereocenters. The summed E-state index contributed by atoms with van der Waals surface area (Å²) in [5, 5.41) is 17.7. The number of hydrogen-bond acceptors (Lipinski definition) is 8. The van der Waals surface area contributed by atoms with E-state index in [9.17, 15) is 0 Å². The van der Waals surface area contributed by atoms with Crippen LogP contribution in [-0.4, -0.2) is 24.9 Å². The van der Waals surface area contributed by atoms with Crippen LogP contribution in [-0.2, 0) is 6.54 Å². The fraction of sp³-hybridized carbons (Fsp3) is 0.250. The second-order valence-electron chi connectivity index (χ2n) is 5.22. The first-order chi connectivity index (χ1) is 12.3. The minimum atomic E-state index is -0.00750. The first-order valence-electron chi connectivity index (χ1n) is 7.77. The fourth-order valence-electron chi connectivity index (χ4n) is 2.36. The monoisotopic (exact) mass is 389 g/mol. The lowest BCUT2D eigenvalue weighted by Gasteiger charge is -2.08. The number of hydrogen-bond donors (Lipinski definition) is 0. The molecule has 9 heteroatoms. The summed E-state index contributed by atoms with van der Waals surface area (Å²) in [6, 6.07) is 8.04. The van der Waals surface area contributed by atoms with E-state index >= 15 is 0 Å². The van der Waals surface area contributed by atoms with E-state index < -0.39 is 0 Å². The van der Waals surface area contributed by atoms with E-state index in [1.54, 1.807) is 34.4 Å². The standard InChI is InChI=1S/C16H15N5OS3/c1-3-21-14(12-7-5-9-24-12)18-19-16(21)25-10(2)15-17-13(20-22-15)11-6-4-8-23-11/h4-10H,3H2,1-2H3. The summed E-state index contributed by atoms with van der Waals surface area (Å²) < 4.78 is 7.56. The second kappa shape index (κ2) is 7.11. The summed E-state index contributed by atoms with van der Waals surface area (Å²) in [5.41, 5.74) is 0. The molecule has 0 aromatic carbocycles. The van der Waals surface area contributed by atoms with Gasteiger partial charge >= 0.3 is 0 Å².